The predicted molar refractivity (Wildman–Crippen MR) is 231 cm³/mol. The number of carbonyl (C=O) groups is 3. The van der Waals surface area contributed by atoms with Gasteiger partial charge in [0.2, 0.25) is 0 Å². The highest BCUT2D eigenvalue weighted by Crippen LogP contribution is 2.50. The van der Waals surface area contributed by atoms with Crippen LogP contribution in [0.3, 0.4) is 0 Å². The van der Waals surface area contributed by atoms with E-state index in [1.807, 2.05) is 0 Å². The number of aryl methyl sites for hydroxylation is 2. The van der Waals surface area contributed by atoms with Crippen LogP contribution in [0.1, 0.15) is 65.3 Å². The molecule has 19 heteroatoms. The Balaban J connectivity index is 0.000000204. The maximum Gasteiger partial charge on any atom is 0.435 e. The second kappa shape index (κ2) is 18.9. The molecule has 2 fully saturated rings. The van der Waals surface area contributed by atoms with Crippen LogP contribution in [0.25, 0.3) is 5.57 Å². The lowest BCUT2D eigenvalue weighted by Gasteiger charge is -2.29. The van der Waals surface area contributed by atoms with Crippen LogP contribution in [-0.2, 0) is 10.4 Å². The number of oxime groups is 1. The molecule has 3 aliphatic heterocycles. The third-order valence-corrected chi connectivity index (χ3v) is 13.2. The lowest BCUT2D eigenvalue weighted by molar-refractivity contribution is -0.275. The number of thioether (sulfide) groups is 2. The number of nitrogens with one attached hydrogen (secondary N) is 2. The first-order chi connectivity index (χ1) is 28.6. The molecule has 61 heavy (non-hydrogen) atoms. The highest BCUT2D eigenvalue weighted by molar-refractivity contribution is 8.01. The standard InChI is InChI=1S/C21H17Cl2F3N2O2S.C21H16Cl2F3NO2S/c1-11-4-12(2-3-17(11)19(29)27-16-9-31-10-16)18-8-20(30-28-18,21(24,25)26)13-5-14(22)7-15(23)6-13;1-11-4-12(2-3-17(11)20(29)27-16-9-30-10-16)19(28)8-18(21(24,25)26)13-5-14(22)7-15(23)6-13/h2-7,16H,8-10H2,1H3,(H,27,29);2-8,16H,9-10H2,1H3,(H,27,29)/b;18-8+. The second-order valence-corrected chi connectivity index (χ2v) is 18.2. The fourth-order valence-electron chi connectivity index (χ4n) is 6.43. The van der Waals surface area contributed by atoms with E-state index in [9.17, 15) is 40.7 Å². The van der Waals surface area contributed by atoms with Crippen molar-refractivity contribution in [1.82, 2.24) is 10.6 Å². The molecule has 2 saturated heterocycles. The van der Waals surface area contributed by atoms with Crippen LogP contribution in [0.2, 0.25) is 20.1 Å². The third-order valence-electron chi connectivity index (χ3n) is 9.78. The summed E-state index contributed by atoms with van der Waals surface area (Å²) in [6, 6.07) is 16.5. The molecule has 0 aliphatic carbocycles. The Bertz CT molecular complexity index is 2400. The average molecular weight is 964 g/mol. The molecule has 7 rings (SSSR count). The zero-order chi connectivity index (χ0) is 44.4. The van der Waals surface area contributed by atoms with Crippen molar-refractivity contribution in [2.45, 2.75) is 50.3 Å². The molecular formula is C42H33Cl4F6N3O4S2. The summed E-state index contributed by atoms with van der Waals surface area (Å²) in [6.07, 6.45) is -9.58. The van der Waals surface area contributed by atoms with Gasteiger partial charge in [0.15, 0.2) is 5.78 Å². The Morgan fingerprint density at radius 1 is 0.705 bits per heavy atom. The Hall–Kier alpha value is -3.86. The Morgan fingerprint density at radius 2 is 1.20 bits per heavy atom. The van der Waals surface area contributed by atoms with Crippen LogP contribution in [0.15, 0.2) is 84.0 Å². The van der Waals surface area contributed by atoms with Crippen molar-refractivity contribution in [2.24, 2.45) is 5.16 Å². The number of alkyl halides is 6. The van der Waals surface area contributed by atoms with Crippen LogP contribution >= 0.6 is 69.9 Å². The van der Waals surface area contributed by atoms with E-state index in [1.54, 1.807) is 55.6 Å². The zero-order valence-electron chi connectivity index (χ0n) is 31.9. The van der Waals surface area contributed by atoms with Gasteiger partial charge in [-0.2, -0.15) is 49.9 Å². The fourth-order valence-corrected chi connectivity index (χ4v) is 8.76. The number of hydrogen-bond donors (Lipinski definition) is 2. The van der Waals surface area contributed by atoms with Crippen molar-refractivity contribution in [1.29, 1.82) is 0 Å². The van der Waals surface area contributed by atoms with Crippen molar-refractivity contribution >= 4 is 98.8 Å². The van der Waals surface area contributed by atoms with Gasteiger partial charge in [0.05, 0.1) is 11.3 Å². The maximum absolute atomic E-state index is 14.1. The Labute approximate surface area is 374 Å². The van der Waals surface area contributed by atoms with Crippen LogP contribution in [0.4, 0.5) is 26.3 Å². The SMILES string of the molecule is Cc1cc(C(=O)/C=C(\c2cc(Cl)cc(Cl)c2)C(F)(F)F)ccc1C(=O)NC1CSC1.Cc1cc(C2=NOC(c3cc(Cl)cc(Cl)c3)(C(F)(F)F)C2)ccc1C(=O)NC1CSC1. The first kappa shape index (κ1) is 46.6. The monoisotopic (exact) mass is 961 g/mol. The normalized spacial score (nSPS) is 18.2. The van der Waals surface area contributed by atoms with E-state index in [4.69, 9.17) is 51.2 Å². The number of carbonyl (C=O) groups excluding carboxylic acids is 3. The van der Waals surface area contributed by atoms with Gasteiger partial charge in [-0.05, 0) is 103 Å². The summed E-state index contributed by atoms with van der Waals surface area (Å²) in [7, 11) is 0. The summed E-state index contributed by atoms with van der Waals surface area (Å²) in [5.41, 5.74) is -1.76. The molecule has 3 heterocycles. The van der Waals surface area contributed by atoms with Gasteiger partial charge in [-0.15, -0.1) is 0 Å². The number of halogens is 10. The molecule has 3 aliphatic rings. The average Bonchev–Trinajstić information content (AvgIpc) is 3.60. The predicted octanol–water partition coefficient (Wildman–Crippen LogP) is 11.7. The quantitative estimate of drug-likeness (QED) is 0.0985. The number of benzene rings is 4. The van der Waals surface area contributed by atoms with Gasteiger partial charge in [-0.3, -0.25) is 14.4 Å². The number of ketones is 1. The lowest BCUT2D eigenvalue weighted by Crippen LogP contribution is -2.44. The summed E-state index contributed by atoms with van der Waals surface area (Å²) in [4.78, 5) is 42.3. The molecule has 4 aromatic carbocycles. The van der Waals surface area contributed by atoms with Crippen molar-refractivity contribution in [3.63, 3.8) is 0 Å². The molecule has 322 valence electrons. The van der Waals surface area contributed by atoms with E-state index in [0.717, 1.165) is 35.1 Å². The molecule has 4 aromatic rings. The second-order valence-electron chi connectivity index (χ2n) is 14.3. The van der Waals surface area contributed by atoms with Crippen LogP contribution in [0.5, 0.6) is 0 Å². The smallest absolute Gasteiger partial charge is 0.374 e. The number of nitrogens with zero attached hydrogens (tertiary/aromatic N) is 1. The highest BCUT2D eigenvalue weighted by Gasteiger charge is 2.62. The molecule has 0 bridgehead atoms. The largest absolute Gasteiger partial charge is 0.435 e. The van der Waals surface area contributed by atoms with Gasteiger partial charge < -0.3 is 15.5 Å². The summed E-state index contributed by atoms with van der Waals surface area (Å²) in [6.45, 7) is 3.37. The minimum Gasteiger partial charge on any atom is -0.374 e. The molecule has 1 unspecified atom stereocenters. The first-order valence-electron chi connectivity index (χ1n) is 18.2. The Morgan fingerprint density at radius 3 is 1.64 bits per heavy atom. The molecule has 1 atom stereocenters. The van der Waals surface area contributed by atoms with E-state index in [-0.39, 0.29) is 66.4 Å². The third kappa shape index (κ3) is 11.0. The van der Waals surface area contributed by atoms with E-state index < -0.39 is 35.7 Å². The number of rotatable bonds is 9. The minimum absolute atomic E-state index is 0.0242. The van der Waals surface area contributed by atoms with Crippen LogP contribution < -0.4 is 10.6 Å². The summed E-state index contributed by atoms with van der Waals surface area (Å²) >= 11 is 27.0. The topological polar surface area (TPSA) is 96.9 Å². The van der Waals surface area contributed by atoms with Crippen LogP contribution in [0, 0.1) is 13.8 Å². The van der Waals surface area contributed by atoms with Gasteiger partial charge in [-0.25, -0.2) is 0 Å². The highest BCUT2D eigenvalue weighted by atomic mass is 35.5. The molecule has 2 N–H and O–H groups in total. The number of allylic oxidation sites excluding steroid dienone is 2. The first-order valence-corrected chi connectivity index (χ1v) is 22.0. The lowest BCUT2D eigenvalue weighted by atomic mass is 9.86. The number of hydrogen-bond acceptors (Lipinski definition) is 7. The summed E-state index contributed by atoms with van der Waals surface area (Å²) in [5, 5.41) is 9.76. The molecule has 2 amide bonds. The van der Waals surface area contributed by atoms with E-state index in [0.29, 0.717) is 33.9 Å². The minimum atomic E-state index is -4.79. The van der Waals surface area contributed by atoms with Gasteiger partial charge in [-0.1, -0.05) is 63.7 Å². The van der Waals surface area contributed by atoms with Gasteiger partial charge in [0.1, 0.15) is 0 Å². The van der Waals surface area contributed by atoms with Crippen molar-refractivity contribution in [3.05, 3.63) is 143 Å². The van der Waals surface area contributed by atoms with Gasteiger partial charge >= 0.3 is 12.4 Å². The number of amides is 2. The maximum atomic E-state index is 14.1. The fraction of sp³-hybridized carbons (Fsp3) is 0.286. The zero-order valence-corrected chi connectivity index (χ0v) is 36.5. The van der Waals surface area contributed by atoms with Gasteiger partial charge in [0.25, 0.3) is 17.4 Å². The summed E-state index contributed by atoms with van der Waals surface area (Å²) in [5.74, 6) is 2.14. The van der Waals surface area contributed by atoms with E-state index >= 15 is 0 Å². The van der Waals surface area contributed by atoms with Gasteiger partial charge in [0, 0.05) is 83.9 Å². The van der Waals surface area contributed by atoms with E-state index in [2.05, 4.69) is 15.8 Å². The molecular weight excluding hydrogens is 930 g/mol. The van der Waals surface area contributed by atoms with Crippen LogP contribution in [-0.4, -0.2) is 70.8 Å². The molecule has 0 spiro atoms. The molecule has 0 radical (unpaired) electrons. The molecule has 7 nitrogen and oxygen atoms in total. The molecule has 0 aromatic heterocycles. The summed E-state index contributed by atoms with van der Waals surface area (Å²) < 4.78 is 83.2. The Kier molecular flexibility index (Phi) is 14.4. The molecule has 0 saturated carbocycles. The van der Waals surface area contributed by atoms with Crippen molar-refractivity contribution in [2.75, 3.05) is 23.0 Å². The van der Waals surface area contributed by atoms with E-state index in [1.165, 1.54) is 42.5 Å². The van der Waals surface area contributed by atoms with Crippen molar-refractivity contribution in [3.8, 4) is 0 Å². The van der Waals surface area contributed by atoms with Crippen molar-refractivity contribution < 1.29 is 45.6 Å².